The number of aliphatic hydroxyl groups is 3. The molecule has 0 spiro atoms. The average Bonchev–Trinajstić information content (AvgIpc) is 2.90. The Morgan fingerprint density at radius 1 is 0.568 bits per heavy atom. The number of amides is 1. The van der Waals surface area contributed by atoms with Gasteiger partial charge in [-0.15, -0.1) is 0 Å². The third kappa shape index (κ3) is 26.7. The van der Waals surface area contributed by atoms with Crippen LogP contribution in [0, 0.1) is 0 Å². The molecule has 0 aromatic rings. The average molecular weight is 528 g/mol. The highest BCUT2D eigenvalue weighted by Crippen LogP contribution is 2.15. The molecule has 0 aromatic heterocycles. The van der Waals surface area contributed by atoms with Gasteiger partial charge in [0.15, 0.2) is 0 Å². The van der Waals surface area contributed by atoms with Crippen LogP contribution >= 0.6 is 0 Å². The van der Waals surface area contributed by atoms with Crippen molar-refractivity contribution in [3.63, 3.8) is 0 Å². The van der Waals surface area contributed by atoms with Crippen LogP contribution in [0.2, 0.25) is 0 Å². The van der Waals surface area contributed by atoms with E-state index in [1.807, 2.05) is 0 Å². The highest BCUT2D eigenvalue weighted by atomic mass is 16.3. The fourth-order valence-corrected chi connectivity index (χ4v) is 5.10. The lowest BCUT2D eigenvalue weighted by atomic mass is 10.0. The molecule has 2 unspecified atom stereocenters. The zero-order valence-corrected chi connectivity index (χ0v) is 24.7. The minimum absolute atomic E-state index is 0.0453. The van der Waals surface area contributed by atoms with E-state index in [1.54, 1.807) is 0 Å². The van der Waals surface area contributed by atoms with Crippen LogP contribution in [0.4, 0.5) is 0 Å². The predicted octanol–water partition coefficient (Wildman–Crippen LogP) is 7.98. The fourth-order valence-electron chi connectivity index (χ4n) is 5.10. The lowest BCUT2D eigenvalue weighted by Gasteiger charge is -2.22. The summed E-state index contributed by atoms with van der Waals surface area (Å²) in [6, 6.07) is -0.537. The molecule has 5 heteroatoms. The number of unbranched alkanes of at least 4 members (excludes halogenated alkanes) is 22. The van der Waals surface area contributed by atoms with Crippen LogP contribution in [0.1, 0.15) is 174 Å². The van der Waals surface area contributed by atoms with Crippen molar-refractivity contribution in [3.05, 3.63) is 0 Å². The van der Waals surface area contributed by atoms with Gasteiger partial charge in [0.25, 0.3) is 0 Å². The molecule has 4 N–H and O–H groups in total. The molecular weight excluding hydrogens is 462 g/mol. The third-order valence-corrected chi connectivity index (χ3v) is 7.67. The Hall–Kier alpha value is -0.650. The number of carbonyl (C=O) groups is 1. The van der Waals surface area contributed by atoms with E-state index in [-0.39, 0.29) is 12.5 Å². The van der Waals surface area contributed by atoms with Crippen molar-refractivity contribution >= 4 is 5.91 Å². The van der Waals surface area contributed by atoms with E-state index in [2.05, 4.69) is 12.2 Å². The second-order valence-electron chi connectivity index (χ2n) is 11.3. The normalized spacial score (nSPS) is 13.1. The van der Waals surface area contributed by atoms with Crippen LogP contribution in [0.25, 0.3) is 0 Å². The van der Waals surface area contributed by atoms with E-state index in [4.69, 9.17) is 5.11 Å². The first-order valence-corrected chi connectivity index (χ1v) is 16.3. The molecule has 222 valence electrons. The summed E-state index contributed by atoms with van der Waals surface area (Å²) >= 11 is 0. The molecule has 5 nitrogen and oxygen atoms in total. The van der Waals surface area contributed by atoms with Crippen molar-refractivity contribution in [2.45, 2.75) is 186 Å². The third-order valence-electron chi connectivity index (χ3n) is 7.67. The molecule has 0 bridgehead atoms. The molecule has 0 fully saturated rings. The number of aliphatic hydroxyl groups excluding tert-OH is 3. The minimum Gasteiger partial charge on any atom is -0.396 e. The number of rotatable bonds is 30. The van der Waals surface area contributed by atoms with Gasteiger partial charge in [-0.1, -0.05) is 148 Å². The van der Waals surface area contributed by atoms with Gasteiger partial charge in [0.1, 0.15) is 0 Å². The Labute approximate surface area is 230 Å². The van der Waals surface area contributed by atoms with Crippen LogP contribution in [-0.2, 0) is 4.79 Å². The van der Waals surface area contributed by atoms with Gasteiger partial charge in [-0.25, -0.2) is 0 Å². The zero-order chi connectivity index (χ0) is 27.2. The Kier molecular flexibility index (Phi) is 29.4. The van der Waals surface area contributed by atoms with Gasteiger partial charge < -0.3 is 20.6 Å². The Balaban J connectivity index is 3.55. The second-order valence-corrected chi connectivity index (χ2v) is 11.3. The van der Waals surface area contributed by atoms with Crippen molar-refractivity contribution in [3.8, 4) is 0 Å². The van der Waals surface area contributed by atoms with Gasteiger partial charge in [-0.2, -0.15) is 0 Å². The standard InChI is InChI=1S/C32H65NO4/c1-2-3-4-5-6-7-11-14-17-20-23-26-31(36)30(29-35)33-32(37)27-24-21-18-15-12-9-8-10-13-16-19-22-25-28-34/h30-31,34-36H,2-29H2,1H3,(H,33,37). The molecule has 0 radical (unpaired) electrons. The van der Waals surface area contributed by atoms with E-state index < -0.39 is 12.1 Å². The van der Waals surface area contributed by atoms with Gasteiger partial charge in [-0.3, -0.25) is 4.79 Å². The summed E-state index contributed by atoms with van der Waals surface area (Å²) in [6.07, 6.45) is 30.1. The summed E-state index contributed by atoms with van der Waals surface area (Å²) in [5.74, 6) is -0.0453. The highest BCUT2D eigenvalue weighted by Gasteiger charge is 2.19. The number of nitrogens with one attached hydrogen (secondary N) is 1. The largest absolute Gasteiger partial charge is 0.396 e. The maximum atomic E-state index is 12.2. The Morgan fingerprint density at radius 3 is 1.35 bits per heavy atom. The Morgan fingerprint density at radius 2 is 0.946 bits per heavy atom. The minimum atomic E-state index is -0.659. The molecule has 0 aliphatic heterocycles. The molecule has 0 rings (SSSR count). The van der Waals surface area contributed by atoms with E-state index in [0.29, 0.717) is 19.4 Å². The molecule has 0 aliphatic carbocycles. The molecule has 2 atom stereocenters. The lowest BCUT2D eigenvalue weighted by molar-refractivity contribution is -0.123. The quantitative estimate of drug-likeness (QED) is 0.0713. The molecule has 0 saturated carbocycles. The highest BCUT2D eigenvalue weighted by molar-refractivity contribution is 5.76. The van der Waals surface area contributed by atoms with Crippen LogP contribution < -0.4 is 5.32 Å². The molecule has 0 aromatic carbocycles. The predicted molar refractivity (Wildman–Crippen MR) is 158 cm³/mol. The van der Waals surface area contributed by atoms with Crippen molar-refractivity contribution < 1.29 is 20.1 Å². The summed E-state index contributed by atoms with van der Waals surface area (Å²) in [7, 11) is 0. The van der Waals surface area contributed by atoms with Crippen molar-refractivity contribution in [2.24, 2.45) is 0 Å². The topological polar surface area (TPSA) is 89.8 Å². The first kappa shape index (κ1) is 36.4. The molecule has 1 amide bonds. The van der Waals surface area contributed by atoms with Gasteiger partial charge in [0.2, 0.25) is 5.91 Å². The summed E-state index contributed by atoms with van der Waals surface area (Å²) in [5.41, 5.74) is 0. The summed E-state index contributed by atoms with van der Waals surface area (Å²) < 4.78 is 0. The van der Waals surface area contributed by atoms with Crippen molar-refractivity contribution in [1.82, 2.24) is 5.32 Å². The second kappa shape index (κ2) is 29.9. The summed E-state index contributed by atoms with van der Waals surface area (Å²) in [4.78, 5) is 12.2. The molecular formula is C32H65NO4. The molecule has 0 saturated heterocycles. The Bertz CT molecular complexity index is 460. The first-order valence-electron chi connectivity index (χ1n) is 16.3. The van der Waals surface area contributed by atoms with E-state index >= 15 is 0 Å². The van der Waals surface area contributed by atoms with Crippen molar-refractivity contribution in [1.29, 1.82) is 0 Å². The molecule has 0 aliphatic rings. The summed E-state index contributed by atoms with van der Waals surface area (Å²) in [5, 5.41) is 31.7. The van der Waals surface area contributed by atoms with E-state index in [1.165, 1.54) is 116 Å². The van der Waals surface area contributed by atoms with Gasteiger partial charge in [-0.05, 0) is 19.3 Å². The first-order chi connectivity index (χ1) is 18.2. The molecule has 0 heterocycles. The monoisotopic (exact) mass is 527 g/mol. The smallest absolute Gasteiger partial charge is 0.220 e. The van der Waals surface area contributed by atoms with E-state index in [9.17, 15) is 15.0 Å². The van der Waals surface area contributed by atoms with Crippen LogP contribution in [0.5, 0.6) is 0 Å². The van der Waals surface area contributed by atoms with E-state index in [0.717, 1.165) is 38.5 Å². The maximum Gasteiger partial charge on any atom is 0.220 e. The van der Waals surface area contributed by atoms with Crippen molar-refractivity contribution in [2.75, 3.05) is 13.2 Å². The summed E-state index contributed by atoms with van der Waals surface area (Å²) in [6.45, 7) is 2.38. The van der Waals surface area contributed by atoms with Crippen LogP contribution in [0.15, 0.2) is 0 Å². The SMILES string of the molecule is CCCCCCCCCCCCCC(O)C(CO)NC(=O)CCCCCCCCCCCCCCCO. The zero-order valence-electron chi connectivity index (χ0n) is 24.7. The van der Waals surface area contributed by atoms with Crippen LogP contribution in [-0.4, -0.2) is 46.6 Å². The number of hydrogen-bond donors (Lipinski definition) is 4. The van der Waals surface area contributed by atoms with Gasteiger partial charge in [0.05, 0.1) is 18.8 Å². The number of hydrogen-bond acceptors (Lipinski definition) is 4. The fraction of sp³-hybridized carbons (Fsp3) is 0.969. The van der Waals surface area contributed by atoms with Crippen LogP contribution in [0.3, 0.4) is 0 Å². The lowest BCUT2D eigenvalue weighted by Crippen LogP contribution is -2.45. The molecule has 37 heavy (non-hydrogen) atoms. The number of carbonyl (C=O) groups excluding carboxylic acids is 1. The maximum absolute atomic E-state index is 12.2. The van der Waals surface area contributed by atoms with Gasteiger partial charge >= 0.3 is 0 Å². The van der Waals surface area contributed by atoms with Gasteiger partial charge in [0, 0.05) is 13.0 Å².